The van der Waals surface area contributed by atoms with Crippen LogP contribution in [0.5, 0.6) is 5.75 Å². The molecule has 1 aliphatic rings. The van der Waals surface area contributed by atoms with Gasteiger partial charge in [-0.05, 0) is 25.3 Å². The van der Waals surface area contributed by atoms with E-state index in [1.165, 1.54) is 13.2 Å². The molecule has 0 saturated carbocycles. The summed E-state index contributed by atoms with van der Waals surface area (Å²) in [6.07, 6.45) is 4.76. The van der Waals surface area contributed by atoms with Gasteiger partial charge in [0, 0.05) is 18.1 Å². The van der Waals surface area contributed by atoms with Crippen LogP contribution in [-0.4, -0.2) is 23.5 Å². The average molecular weight is 250 g/mol. The molecule has 2 heterocycles. The van der Waals surface area contributed by atoms with Gasteiger partial charge >= 0.3 is 0 Å². The van der Waals surface area contributed by atoms with E-state index >= 15 is 0 Å². The fraction of sp³-hybridized carbons (Fsp3) is 0.462. The average Bonchev–Trinajstić information content (AvgIpc) is 2.81. The summed E-state index contributed by atoms with van der Waals surface area (Å²) in [5, 5.41) is 5.17. The number of ether oxygens (including phenoxy) is 2. The number of hydrogen-bond donors (Lipinski definition) is 0. The lowest BCUT2D eigenvalue weighted by molar-refractivity contribution is -0.0366. The Morgan fingerprint density at radius 3 is 3.06 bits per heavy atom. The molecule has 0 aliphatic carbocycles. The van der Waals surface area contributed by atoms with E-state index in [1.54, 1.807) is 16.9 Å². The molecular formula is C13H15FN2O2. The first-order valence-corrected chi connectivity index (χ1v) is 6.12. The van der Waals surface area contributed by atoms with Crippen molar-refractivity contribution in [1.82, 2.24) is 9.78 Å². The summed E-state index contributed by atoms with van der Waals surface area (Å²) in [6, 6.07) is 3.12. The van der Waals surface area contributed by atoms with Crippen LogP contribution in [-0.2, 0) is 4.74 Å². The Balaban J connectivity index is 2.05. The van der Waals surface area contributed by atoms with Crippen LogP contribution in [0, 0.1) is 5.82 Å². The van der Waals surface area contributed by atoms with Gasteiger partial charge in [0.15, 0.2) is 17.8 Å². The molecule has 96 valence electrons. The van der Waals surface area contributed by atoms with Crippen molar-refractivity contribution in [3.63, 3.8) is 0 Å². The summed E-state index contributed by atoms with van der Waals surface area (Å²) in [7, 11) is 1.46. The second-order valence-electron chi connectivity index (χ2n) is 4.46. The fourth-order valence-corrected chi connectivity index (χ4v) is 2.35. The van der Waals surface area contributed by atoms with Crippen molar-refractivity contribution in [2.45, 2.75) is 25.5 Å². The zero-order chi connectivity index (χ0) is 12.5. The predicted octanol–water partition coefficient (Wildman–Crippen LogP) is 2.88. The van der Waals surface area contributed by atoms with Crippen molar-refractivity contribution in [3.05, 3.63) is 24.1 Å². The highest BCUT2D eigenvalue weighted by Crippen LogP contribution is 2.29. The number of nitrogens with zero attached hydrogens (tertiary/aromatic N) is 2. The van der Waals surface area contributed by atoms with Crippen LogP contribution < -0.4 is 4.74 Å². The van der Waals surface area contributed by atoms with E-state index in [2.05, 4.69) is 5.10 Å². The lowest BCUT2D eigenvalue weighted by atomic mass is 10.2. The van der Waals surface area contributed by atoms with Gasteiger partial charge in [-0.25, -0.2) is 9.07 Å². The third-order valence-corrected chi connectivity index (χ3v) is 3.30. The van der Waals surface area contributed by atoms with Gasteiger partial charge in [-0.1, -0.05) is 0 Å². The van der Waals surface area contributed by atoms with Gasteiger partial charge in [-0.2, -0.15) is 5.10 Å². The Bertz CT molecular complexity index is 561. The Kier molecular flexibility index (Phi) is 2.91. The Labute approximate surface area is 104 Å². The monoisotopic (exact) mass is 250 g/mol. The maximum Gasteiger partial charge on any atom is 0.167 e. The molecule has 0 radical (unpaired) electrons. The molecule has 1 saturated heterocycles. The summed E-state index contributed by atoms with van der Waals surface area (Å²) in [5.41, 5.74) is 0.750. The molecule has 1 aromatic carbocycles. The van der Waals surface area contributed by atoms with Crippen LogP contribution in [0.2, 0.25) is 0 Å². The first kappa shape index (κ1) is 11.5. The first-order valence-electron chi connectivity index (χ1n) is 6.12. The van der Waals surface area contributed by atoms with E-state index in [4.69, 9.17) is 9.47 Å². The van der Waals surface area contributed by atoms with Gasteiger partial charge in [0.1, 0.15) is 0 Å². The Morgan fingerprint density at radius 2 is 2.33 bits per heavy atom. The minimum absolute atomic E-state index is 0.0796. The van der Waals surface area contributed by atoms with Crippen molar-refractivity contribution < 1.29 is 13.9 Å². The normalized spacial score (nSPS) is 20.2. The molecule has 1 fully saturated rings. The first-order chi connectivity index (χ1) is 8.79. The van der Waals surface area contributed by atoms with Gasteiger partial charge < -0.3 is 9.47 Å². The van der Waals surface area contributed by atoms with Gasteiger partial charge in [0.2, 0.25) is 0 Å². The largest absolute Gasteiger partial charge is 0.494 e. The highest BCUT2D eigenvalue weighted by Gasteiger charge is 2.19. The molecule has 0 spiro atoms. The van der Waals surface area contributed by atoms with Crippen LogP contribution in [0.15, 0.2) is 18.3 Å². The molecular weight excluding hydrogens is 235 g/mol. The maximum absolute atomic E-state index is 13.7. The molecule has 1 aromatic heterocycles. The summed E-state index contributed by atoms with van der Waals surface area (Å²) < 4.78 is 26.1. The molecule has 4 nitrogen and oxygen atoms in total. The van der Waals surface area contributed by atoms with Crippen molar-refractivity contribution in [2.75, 3.05) is 13.7 Å². The molecule has 5 heteroatoms. The van der Waals surface area contributed by atoms with E-state index in [0.717, 1.165) is 36.8 Å². The number of rotatable bonds is 2. The lowest BCUT2D eigenvalue weighted by Crippen LogP contribution is -2.18. The number of aromatic nitrogens is 2. The van der Waals surface area contributed by atoms with Crippen LogP contribution >= 0.6 is 0 Å². The molecule has 0 N–H and O–H groups in total. The highest BCUT2D eigenvalue weighted by atomic mass is 19.1. The molecule has 0 bridgehead atoms. The number of hydrogen-bond acceptors (Lipinski definition) is 3. The summed E-state index contributed by atoms with van der Waals surface area (Å²) >= 11 is 0. The minimum atomic E-state index is -0.373. The summed E-state index contributed by atoms with van der Waals surface area (Å²) in [6.45, 7) is 0.741. The second kappa shape index (κ2) is 4.57. The molecule has 18 heavy (non-hydrogen) atoms. The van der Waals surface area contributed by atoms with E-state index < -0.39 is 0 Å². The fourth-order valence-electron chi connectivity index (χ4n) is 2.35. The third kappa shape index (κ3) is 1.84. The number of methoxy groups -OCH3 is 1. The number of fused-ring (bicyclic) bond motifs is 1. The zero-order valence-corrected chi connectivity index (χ0v) is 10.2. The Hall–Kier alpha value is -1.62. The molecule has 2 aromatic rings. The lowest BCUT2D eigenvalue weighted by Gasteiger charge is -2.23. The molecule has 0 amide bonds. The van der Waals surface area contributed by atoms with E-state index in [0.29, 0.717) is 0 Å². The number of benzene rings is 1. The predicted molar refractivity (Wildman–Crippen MR) is 65.1 cm³/mol. The van der Waals surface area contributed by atoms with E-state index in [1.807, 2.05) is 0 Å². The van der Waals surface area contributed by atoms with Crippen LogP contribution in [0.25, 0.3) is 10.9 Å². The second-order valence-corrected chi connectivity index (χ2v) is 4.46. The Morgan fingerprint density at radius 1 is 1.44 bits per heavy atom. The quantitative estimate of drug-likeness (QED) is 0.822. The topological polar surface area (TPSA) is 36.3 Å². The highest BCUT2D eigenvalue weighted by molar-refractivity contribution is 5.80. The maximum atomic E-state index is 13.7. The molecule has 1 atom stereocenters. The molecule has 3 rings (SSSR count). The van der Waals surface area contributed by atoms with Crippen LogP contribution in [0.4, 0.5) is 4.39 Å². The van der Waals surface area contributed by atoms with E-state index in [-0.39, 0.29) is 17.8 Å². The van der Waals surface area contributed by atoms with Crippen LogP contribution in [0.3, 0.4) is 0 Å². The molecule has 1 unspecified atom stereocenters. The SMILES string of the molecule is COc1cc2cnn(C3CCCCO3)c2cc1F. The van der Waals surface area contributed by atoms with Crippen molar-refractivity contribution in [2.24, 2.45) is 0 Å². The number of halogens is 1. The summed E-state index contributed by atoms with van der Waals surface area (Å²) in [4.78, 5) is 0. The molecule has 1 aliphatic heterocycles. The van der Waals surface area contributed by atoms with Gasteiger partial charge in [-0.15, -0.1) is 0 Å². The van der Waals surface area contributed by atoms with Crippen molar-refractivity contribution >= 4 is 10.9 Å². The van der Waals surface area contributed by atoms with Crippen molar-refractivity contribution in [3.8, 4) is 5.75 Å². The van der Waals surface area contributed by atoms with Gasteiger partial charge in [0.05, 0.1) is 18.8 Å². The standard InChI is InChI=1S/C13H15FN2O2/c1-17-12-6-9-8-15-16(11(9)7-10(12)14)13-4-2-3-5-18-13/h6-8,13H,2-5H2,1H3. The van der Waals surface area contributed by atoms with Gasteiger partial charge in [0.25, 0.3) is 0 Å². The van der Waals surface area contributed by atoms with Gasteiger partial charge in [-0.3, -0.25) is 0 Å². The smallest absolute Gasteiger partial charge is 0.167 e. The third-order valence-electron chi connectivity index (χ3n) is 3.30. The summed E-state index contributed by atoms with van der Waals surface area (Å²) in [5.74, 6) is -0.130. The van der Waals surface area contributed by atoms with E-state index in [9.17, 15) is 4.39 Å². The van der Waals surface area contributed by atoms with Crippen LogP contribution in [0.1, 0.15) is 25.5 Å². The zero-order valence-electron chi connectivity index (χ0n) is 10.2. The minimum Gasteiger partial charge on any atom is -0.494 e. The van der Waals surface area contributed by atoms with Crippen molar-refractivity contribution in [1.29, 1.82) is 0 Å².